The van der Waals surface area contributed by atoms with Gasteiger partial charge < -0.3 is 11.1 Å². The molecule has 1 aromatic rings. The van der Waals surface area contributed by atoms with Crippen LogP contribution in [0.4, 0.5) is 0 Å². The summed E-state index contributed by atoms with van der Waals surface area (Å²) in [6.07, 6.45) is 2.43. The molecule has 0 fully saturated rings. The lowest BCUT2D eigenvalue weighted by atomic mass is 10.0. The van der Waals surface area contributed by atoms with E-state index in [0.717, 1.165) is 18.4 Å². The van der Waals surface area contributed by atoms with Crippen LogP contribution >= 0.6 is 11.6 Å². The number of nitrogens with two attached hydrogens (primary N) is 1. The predicted octanol–water partition coefficient (Wildman–Crippen LogP) is 2.72. The molecule has 0 aliphatic rings. The van der Waals surface area contributed by atoms with Crippen LogP contribution in [0.15, 0.2) is 24.3 Å². The second-order valence-corrected chi connectivity index (χ2v) is 5.06. The highest BCUT2D eigenvalue weighted by molar-refractivity contribution is 6.30. The van der Waals surface area contributed by atoms with Crippen LogP contribution in [0.1, 0.15) is 31.7 Å². The fourth-order valence-corrected chi connectivity index (χ4v) is 1.82. The van der Waals surface area contributed by atoms with Gasteiger partial charge in [0, 0.05) is 18.0 Å². The molecule has 18 heavy (non-hydrogen) atoms. The van der Waals surface area contributed by atoms with Crippen LogP contribution in [-0.2, 0) is 11.3 Å². The summed E-state index contributed by atoms with van der Waals surface area (Å²) in [6.45, 7) is 3.37. The van der Waals surface area contributed by atoms with Crippen molar-refractivity contribution in [3.63, 3.8) is 0 Å². The Hall–Kier alpha value is -1.06. The number of halogens is 1. The molecule has 1 atom stereocenters. The molecule has 4 heteroatoms. The first-order chi connectivity index (χ1) is 8.61. The Balaban J connectivity index is 2.22. The van der Waals surface area contributed by atoms with Gasteiger partial charge in [0.1, 0.15) is 0 Å². The lowest BCUT2D eigenvalue weighted by Gasteiger charge is -2.10. The Labute approximate surface area is 114 Å². The molecule has 3 N–H and O–H groups in total. The summed E-state index contributed by atoms with van der Waals surface area (Å²) < 4.78 is 0. The third kappa shape index (κ3) is 6.03. The van der Waals surface area contributed by atoms with E-state index in [-0.39, 0.29) is 5.91 Å². The number of hydrogen-bond donors (Lipinski definition) is 2. The molecule has 100 valence electrons. The van der Waals surface area contributed by atoms with E-state index in [2.05, 4.69) is 12.2 Å². The zero-order valence-electron chi connectivity index (χ0n) is 10.8. The fraction of sp³-hybridized carbons (Fsp3) is 0.500. The van der Waals surface area contributed by atoms with Crippen molar-refractivity contribution in [1.82, 2.24) is 5.32 Å². The predicted molar refractivity (Wildman–Crippen MR) is 75.4 cm³/mol. The first-order valence-electron chi connectivity index (χ1n) is 6.33. The Morgan fingerprint density at radius 1 is 1.33 bits per heavy atom. The van der Waals surface area contributed by atoms with E-state index in [1.165, 1.54) is 0 Å². The van der Waals surface area contributed by atoms with E-state index < -0.39 is 0 Å². The molecule has 0 spiro atoms. The molecule has 1 rings (SSSR count). The van der Waals surface area contributed by atoms with Crippen molar-refractivity contribution in [3.8, 4) is 0 Å². The number of carbonyl (C=O) groups excluding carboxylic acids is 1. The van der Waals surface area contributed by atoms with Gasteiger partial charge in [0.05, 0.1) is 0 Å². The first kappa shape index (κ1) is 15.0. The van der Waals surface area contributed by atoms with Gasteiger partial charge in [0.2, 0.25) is 5.91 Å². The average molecular weight is 269 g/mol. The molecule has 0 aliphatic heterocycles. The zero-order valence-corrected chi connectivity index (χ0v) is 11.5. The molecule has 3 nitrogen and oxygen atoms in total. The summed E-state index contributed by atoms with van der Waals surface area (Å²) in [6, 6.07) is 7.48. The van der Waals surface area contributed by atoms with Crippen LogP contribution in [0, 0.1) is 5.92 Å². The van der Waals surface area contributed by atoms with Crippen LogP contribution in [0.2, 0.25) is 5.02 Å². The number of hydrogen-bond acceptors (Lipinski definition) is 2. The van der Waals surface area contributed by atoms with Gasteiger partial charge in [-0.15, -0.1) is 0 Å². The van der Waals surface area contributed by atoms with Gasteiger partial charge in [-0.2, -0.15) is 0 Å². The van der Waals surface area contributed by atoms with Crippen LogP contribution in [0.3, 0.4) is 0 Å². The van der Waals surface area contributed by atoms with E-state index in [0.29, 0.717) is 30.5 Å². The van der Waals surface area contributed by atoms with Crippen LogP contribution < -0.4 is 11.1 Å². The van der Waals surface area contributed by atoms with Crippen molar-refractivity contribution in [3.05, 3.63) is 34.9 Å². The van der Waals surface area contributed by atoms with Crippen molar-refractivity contribution in [2.75, 3.05) is 6.54 Å². The minimum Gasteiger partial charge on any atom is -0.352 e. The number of nitrogens with one attached hydrogen (secondary N) is 1. The molecule has 1 amide bonds. The van der Waals surface area contributed by atoms with E-state index >= 15 is 0 Å². The molecule has 0 saturated carbocycles. The summed E-state index contributed by atoms with van der Waals surface area (Å²) in [5, 5.41) is 3.61. The smallest absolute Gasteiger partial charge is 0.220 e. The molecule has 0 radical (unpaired) electrons. The third-order valence-electron chi connectivity index (χ3n) is 2.93. The minimum absolute atomic E-state index is 0.0915. The third-order valence-corrected chi connectivity index (χ3v) is 3.18. The highest BCUT2D eigenvalue weighted by Gasteiger charge is 2.06. The molecule has 0 aliphatic carbocycles. The Kier molecular flexibility index (Phi) is 6.76. The second-order valence-electron chi connectivity index (χ2n) is 4.62. The van der Waals surface area contributed by atoms with Gasteiger partial charge in [-0.3, -0.25) is 4.79 Å². The summed E-state index contributed by atoms with van der Waals surface area (Å²) >= 11 is 5.79. The van der Waals surface area contributed by atoms with Gasteiger partial charge in [0.25, 0.3) is 0 Å². The molecule has 0 bridgehead atoms. The minimum atomic E-state index is 0.0915. The van der Waals surface area contributed by atoms with Gasteiger partial charge in [-0.05, 0) is 43.0 Å². The lowest BCUT2D eigenvalue weighted by Crippen LogP contribution is -2.23. The highest BCUT2D eigenvalue weighted by atomic mass is 35.5. The standard InChI is InChI=1S/C14H21ClN2O/c1-11(8-9-16)2-7-14(18)17-10-12-3-5-13(15)6-4-12/h3-6,11H,2,7-10,16H2,1H3,(H,17,18). The van der Waals surface area contributed by atoms with Crippen molar-refractivity contribution >= 4 is 17.5 Å². The van der Waals surface area contributed by atoms with Crippen molar-refractivity contribution in [2.24, 2.45) is 11.7 Å². The first-order valence-corrected chi connectivity index (χ1v) is 6.71. The van der Waals surface area contributed by atoms with Gasteiger partial charge in [-0.1, -0.05) is 30.7 Å². The zero-order chi connectivity index (χ0) is 13.4. The number of rotatable bonds is 7. The number of carbonyl (C=O) groups is 1. The van der Waals surface area contributed by atoms with Gasteiger partial charge in [-0.25, -0.2) is 0 Å². The monoisotopic (exact) mass is 268 g/mol. The Bertz CT molecular complexity index is 365. The number of benzene rings is 1. The summed E-state index contributed by atoms with van der Waals surface area (Å²) in [5.74, 6) is 0.602. The van der Waals surface area contributed by atoms with Gasteiger partial charge in [0.15, 0.2) is 0 Å². The molecule has 0 heterocycles. The van der Waals surface area contributed by atoms with Crippen molar-refractivity contribution in [1.29, 1.82) is 0 Å². The van der Waals surface area contributed by atoms with E-state index in [1.54, 1.807) is 0 Å². The van der Waals surface area contributed by atoms with Crippen molar-refractivity contribution in [2.45, 2.75) is 32.7 Å². The maximum atomic E-state index is 11.6. The number of amides is 1. The Morgan fingerprint density at radius 3 is 2.61 bits per heavy atom. The quantitative estimate of drug-likeness (QED) is 0.799. The Morgan fingerprint density at radius 2 is 2.00 bits per heavy atom. The van der Waals surface area contributed by atoms with E-state index in [4.69, 9.17) is 17.3 Å². The molecule has 0 aromatic heterocycles. The largest absolute Gasteiger partial charge is 0.352 e. The lowest BCUT2D eigenvalue weighted by molar-refractivity contribution is -0.121. The molecule has 1 aromatic carbocycles. The molecular formula is C14H21ClN2O. The van der Waals surface area contributed by atoms with Crippen molar-refractivity contribution < 1.29 is 4.79 Å². The highest BCUT2D eigenvalue weighted by Crippen LogP contribution is 2.10. The van der Waals surface area contributed by atoms with Crippen LogP contribution in [0.5, 0.6) is 0 Å². The average Bonchev–Trinajstić information content (AvgIpc) is 2.36. The maximum Gasteiger partial charge on any atom is 0.220 e. The normalized spacial score (nSPS) is 12.2. The van der Waals surface area contributed by atoms with Crippen LogP contribution in [0.25, 0.3) is 0 Å². The van der Waals surface area contributed by atoms with E-state index in [1.807, 2.05) is 24.3 Å². The molecular weight excluding hydrogens is 248 g/mol. The topological polar surface area (TPSA) is 55.1 Å². The van der Waals surface area contributed by atoms with Crippen LogP contribution in [-0.4, -0.2) is 12.5 Å². The van der Waals surface area contributed by atoms with Gasteiger partial charge >= 0.3 is 0 Å². The maximum absolute atomic E-state index is 11.6. The summed E-state index contributed by atoms with van der Waals surface area (Å²) in [7, 11) is 0. The second kappa shape index (κ2) is 8.11. The molecule has 1 unspecified atom stereocenters. The molecule has 0 saturated heterocycles. The SMILES string of the molecule is CC(CCN)CCC(=O)NCc1ccc(Cl)cc1. The fourth-order valence-electron chi connectivity index (χ4n) is 1.70. The summed E-state index contributed by atoms with van der Waals surface area (Å²) in [4.78, 5) is 11.6. The van der Waals surface area contributed by atoms with E-state index in [9.17, 15) is 4.79 Å². The summed E-state index contributed by atoms with van der Waals surface area (Å²) in [5.41, 5.74) is 6.53.